The highest BCUT2D eigenvalue weighted by Crippen LogP contribution is 2.16. The summed E-state index contributed by atoms with van der Waals surface area (Å²) in [7, 11) is 1.65. The van der Waals surface area contributed by atoms with Crippen LogP contribution in [0.25, 0.3) is 0 Å². The van der Waals surface area contributed by atoms with Crippen molar-refractivity contribution in [3.63, 3.8) is 0 Å². The van der Waals surface area contributed by atoms with E-state index in [9.17, 15) is 9.59 Å². The van der Waals surface area contributed by atoms with Crippen molar-refractivity contribution in [1.82, 2.24) is 15.4 Å². The predicted molar refractivity (Wildman–Crippen MR) is 85.0 cm³/mol. The number of hydrogen-bond acceptors (Lipinski definition) is 5. The molecule has 0 saturated carbocycles. The largest absolute Gasteiger partial charge is 0.360 e. The van der Waals surface area contributed by atoms with Crippen molar-refractivity contribution in [3.05, 3.63) is 11.8 Å². The predicted octanol–water partition coefficient (Wildman–Crippen LogP) is 1.19. The second-order valence-corrected chi connectivity index (χ2v) is 5.52. The number of piperidine rings is 1. The lowest BCUT2D eigenvalue weighted by Crippen LogP contribution is -2.37. The third-order valence-corrected chi connectivity index (χ3v) is 3.62. The van der Waals surface area contributed by atoms with Gasteiger partial charge in [-0.2, -0.15) is 0 Å². The second kappa shape index (κ2) is 8.75. The molecule has 22 heavy (non-hydrogen) atoms. The molecule has 0 radical (unpaired) electrons. The molecule has 2 amide bonds. The fourth-order valence-corrected chi connectivity index (χ4v) is 2.40. The summed E-state index contributed by atoms with van der Waals surface area (Å²) in [5.74, 6) is 1.15. The van der Waals surface area contributed by atoms with Crippen LogP contribution in [0.5, 0.6) is 0 Å². The van der Waals surface area contributed by atoms with Gasteiger partial charge < -0.3 is 20.1 Å². The molecule has 1 fully saturated rings. The van der Waals surface area contributed by atoms with Crippen LogP contribution < -0.4 is 10.6 Å². The van der Waals surface area contributed by atoms with Gasteiger partial charge in [-0.15, -0.1) is 12.4 Å². The quantitative estimate of drug-likeness (QED) is 0.846. The Morgan fingerprint density at radius 3 is 2.73 bits per heavy atom. The molecule has 0 unspecified atom stereocenters. The van der Waals surface area contributed by atoms with Gasteiger partial charge in [-0.25, -0.2) is 0 Å². The summed E-state index contributed by atoms with van der Waals surface area (Å²) in [6.07, 6.45) is 2.54. The van der Waals surface area contributed by atoms with E-state index in [0.29, 0.717) is 23.9 Å². The Kier molecular flexibility index (Phi) is 7.34. The monoisotopic (exact) mass is 330 g/mol. The van der Waals surface area contributed by atoms with E-state index < -0.39 is 0 Å². The fourth-order valence-electron chi connectivity index (χ4n) is 2.40. The number of aromatic nitrogens is 1. The normalized spacial score (nSPS) is 15.0. The summed E-state index contributed by atoms with van der Waals surface area (Å²) in [6, 6.07) is 1.63. The minimum atomic E-state index is -0.274. The van der Waals surface area contributed by atoms with Crippen LogP contribution in [0.2, 0.25) is 0 Å². The third-order valence-electron chi connectivity index (χ3n) is 3.62. The van der Waals surface area contributed by atoms with Crippen molar-refractivity contribution in [3.8, 4) is 0 Å². The summed E-state index contributed by atoms with van der Waals surface area (Å²) in [5, 5.41) is 9.56. The van der Waals surface area contributed by atoms with E-state index in [1.165, 1.54) is 4.90 Å². The molecule has 7 nitrogen and oxygen atoms in total. The lowest BCUT2D eigenvalue weighted by Gasteiger charge is -2.24. The molecule has 1 aliphatic heterocycles. The molecule has 2 N–H and O–H groups in total. The zero-order valence-corrected chi connectivity index (χ0v) is 13.7. The SMILES string of the molecule is Cc1cc(NC(=O)CN(C)C(=O)CC2CCNCC2)no1.Cl. The van der Waals surface area contributed by atoms with Gasteiger partial charge in [0.1, 0.15) is 5.76 Å². The number of amides is 2. The maximum atomic E-state index is 12.1. The van der Waals surface area contributed by atoms with Crippen LogP contribution in [-0.2, 0) is 9.59 Å². The van der Waals surface area contributed by atoms with Crippen LogP contribution in [0, 0.1) is 12.8 Å². The number of aryl methyl sites for hydroxylation is 1. The molecule has 1 aromatic heterocycles. The molecule has 0 bridgehead atoms. The molecule has 0 atom stereocenters. The zero-order chi connectivity index (χ0) is 15.2. The molecule has 124 valence electrons. The summed E-state index contributed by atoms with van der Waals surface area (Å²) in [6.45, 7) is 3.70. The van der Waals surface area contributed by atoms with Gasteiger partial charge in [-0.1, -0.05) is 5.16 Å². The van der Waals surface area contributed by atoms with Gasteiger partial charge in [0.15, 0.2) is 5.82 Å². The molecule has 1 aromatic rings. The number of halogens is 1. The third kappa shape index (κ3) is 5.65. The minimum Gasteiger partial charge on any atom is -0.360 e. The molecule has 8 heteroatoms. The van der Waals surface area contributed by atoms with Crippen molar-refractivity contribution >= 4 is 30.0 Å². The van der Waals surface area contributed by atoms with E-state index in [1.54, 1.807) is 20.0 Å². The number of nitrogens with one attached hydrogen (secondary N) is 2. The molecule has 1 aliphatic rings. The lowest BCUT2D eigenvalue weighted by atomic mass is 9.94. The summed E-state index contributed by atoms with van der Waals surface area (Å²) < 4.78 is 4.87. The Hall–Kier alpha value is -1.60. The van der Waals surface area contributed by atoms with Gasteiger partial charge in [0.2, 0.25) is 11.8 Å². The van der Waals surface area contributed by atoms with Gasteiger partial charge in [0, 0.05) is 19.5 Å². The van der Waals surface area contributed by atoms with E-state index in [4.69, 9.17) is 4.52 Å². The van der Waals surface area contributed by atoms with Crippen molar-refractivity contribution in [1.29, 1.82) is 0 Å². The first-order chi connectivity index (χ1) is 10.0. The van der Waals surface area contributed by atoms with Crippen molar-refractivity contribution in [2.24, 2.45) is 5.92 Å². The lowest BCUT2D eigenvalue weighted by molar-refractivity contribution is -0.134. The number of carbonyl (C=O) groups excluding carboxylic acids is 2. The number of rotatable bonds is 5. The molecule has 0 aromatic carbocycles. The number of hydrogen-bond donors (Lipinski definition) is 2. The van der Waals surface area contributed by atoms with E-state index in [0.717, 1.165) is 25.9 Å². The highest BCUT2D eigenvalue weighted by molar-refractivity contribution is 5.93. The molecule has 2 rings (SSSR count). The standard InChI is InChI=1S/C14H22N4O3.ClH/c1-10-7-12(17-21-10)16-13(19)9-18(2)14(20)8-11-3-5-15-6-4-11;/h7,11,15H,3-6,8-9H2,1-2H3,(H,16,17,19);1H. The Balaban J connectivity index is 0.00000242. The molecule has 1 saturated heterocycles. The van der Waals surface area contributed by atoms with E-state index in [1.807, 2.05) is 0 Å². The first kappa shape index (κ1) is 18.4. The van der Waals surface area contributed by atoms with Gasteiger partial charge in [-0.3, -0.25) is 9.59 Å². The first-order valence-corrected chi connectivity index (χ1v) is 7.22. The van der Waals surface area contributed by atoms with Crippen LogP contribution >= 0.6 is 12.4 Å². The van der Waals surface area contributed by atoms with Gasteiger partial charge in [-0.05, 0) is 38.8 Å². The van der Waals surface area contributed by atoms with Gasteiger partial charge in [0.25, 0.3) is 0 Å². The topological polar surface area (TPSA) is 87.5 Å². The smallest absolute Gasteiger partial charge is 0.245 e. The number of anilines is 1. The van der Waals surface area contributed by atoms with Crippen molar-refractivity contribution < 1.29 is 14.1 Å². The molecule has 0 spiro atoms. The maximum Gasteiger partial charge on any atom is 0.245 e. The average molecular weight is 331 g/mol. The molecular weight excluding hydrogens is 308 g/mol. The first-order valence-electron chi connectivity index (χ1n) is 7.22. The van der Waals surface area contributed by atoms with Gasteiger partial charge in [0.05, 0.1) is 6.54 Å². The second-order valence-electron chi connectivity index (χ2n) is 5.52. The summed E-state index contributed by atoms with van der Waals surface area (Å²) >= 11 is 0. The zero-order valence-electron chi connectivity index (χ0n) is 12.9. The van der Waals surface area contributed by atoms with Crippen LogP contribution in [0.3, 0.4) is 0 Å². The Bertz CT molecular complexity index is 500. The highest BCUT2D eigenvalue weighted by Gasteiger charge is 2.20. The molecule has 2 heterocycles. The summed E-state index contributed by atoms with van der Waals surface area (Å²) in [5.41, 5.74) is 0. The molecular formula is C14H23ClN4O3. The number of likely N-dealkylation sites (N-methyl/N-ethyl adjacent to an activating group) is 1. The van der Waals surface area contributed by atoms with E-state index in [2.05, 4.69) is 15.8 Å². The molecule has 0 aliphatic carbocycles. The maximum absolute atomic E-state index is 12.1. The Morgan fingerprint density at radius 1 is 1.45 bits per heavy atom. The van der Waals surface area contributed by atoms with Gasteiger partial charge >= 0.3 is 0 Å². The highest BCUT2D eigenvalue weighted by atomic mass is 35.5. The van der Waals surface area contributed by atoms with Crippen LogP contribution in [0.1, 0.15) is 25.0 Å². The number of carbonyl (C=O) groups is 2. The minimum absolute atomic E-state index is 0. The van der Waals surface area contributed by atoms with Crippen molar-refractivity contribution in [2.75, 3.05) is 32.0 Å². The van der Waals surface area contributed by atoms with Crippen LogP contribution in [-0.4, -0.2) is 48.6 Å². The summed E-state index contributed by atoms with van der Waals surface area (Å²) in [4.78, 5) is 25.4. The number of nitrogens with zero attached hydrogens (tertiary/aromatic N) is 2. The van der Waals surface area contributed by atoms with E-state index >= 15 is 0 Å². The van der Waals surface area contributed by atoms with Crippen LogP contribution in [0.4, 0.5) is 5.82 Å². The average Bonchev–Trinajstić information content (AvgIpc) is 2.84. The Labute approximate surface area is 136 Å². The fraction of sp³-hybridized carbons (Fsp3) is 0.643. The Morgan fingerprint density at radius 2 is 2.14 bits per heavy atom. The van der Waals surface area contributed by atoms with Crippen LogP contribution in [0.15, 0.2) is 10.6 Å². The van der Waals surface area contributed by atoms with Crippen molar-refractivity contribution in [2.45, 2.75) is 26.2 Å². The van der Waals surface area contributed by atoms with E-state index in [-0.39, 0.29) is 30.8 Å².